The van der Waals surface area contributed by atoms with Crippen LogP contribution in [0.5, 0.6) is 0 Å². The van der Waals surface area contributed by atoms with Crippen LogP contribution in [-0.4, -0.2) is 45.9 Å². The molecule has 8 atom stereocenters. The van der Waals surface area contributed by atoms with Gasteiger partial charge >= 0.3 is 11.9 Å². The normalized spacial score (nSPS) is 35.6. The molecule has 2 N–H and O–H groups in total. The molecule has 0 aliphatic heterocycles. The Hall–Kier alpha value is -2.98. The zero-order chi connectivity index (χ0) is 29.4. The number of aliphatic carboxylic acids is 1. The quantitative estimate of drug-likeness (QED) is 0.266. The van der Waals surface area contributed by atoms with E-state index in [0.717, 1.165) is 50.5 Å². The topological polar surface area (TPSA) is 118 Å². The SMILES string of the molecule is CC(=O)c1ccc(C#C[C@@]2(O)CC[C@H]3[C@H](CC[C@@H]4[C@@H]3CC[C@]3(C)[C@@H](C(=O)COC(=O)CCC(=O)O)CC[C@@H]43)C2)cc1. The standard InChI is InChI=1S/C34H42O7/c1-21(35)23-5-3-22(4-6-23)13-17-34(40)18-15-25-24(19-34)7-8-27-26(25)14-16-33(2)28(27)9-10-29(33)30(36)20-41-32(39)12-11-31(37)38/h3-6,24-29,40H,7-12,14-16,18-20H2,1-2H3,(H,37,38)/t24-,25+,26-,27-,28+,29-,33+,34-/m1/s1. The summed E-state index contributed by atoms with van der Waals surface area (Å²) in [5.41, 5.74) is 0.395. The van der Waals surface area contributed by atoms with Crippen molar-refractivity contribution in [3.8, 4) is 11.8 Å². The van der Waals surface area contributed by atoms with Crippen LogP contribution >= 0.6 is 0 Å². The van der Waals surface area contributed by atoms with E-state index in [9.17, 15) is 24.3 Å². The number of esters is 1. The van der Waals surface area contributed by atoms with E-state index in [4.69, 9.17) is 9.84 Å². The van der Waals surface area contributed by atoms with Crippen molar-refractivity contribution in [1.29, 1.82) is 0 Å². The number of carbonyl (C=O) groups is 4. The molecule has 0 spiro atoms. The van der Waals surface area contributed by atoms with Crippen LogP contribution in [0.2, 0.25) is 0 Å². The van der Waals surface area contributed by atoms with Gasteiger partial charge in [-0.2, -0.15) is 0 Å². The summed E-state index contributed by atoms with van der Waals surface area (Å²) in [6.45, 7) is 3.55. The first-order valence-electron chi connectivity index (χ1n) is 15.3. The molecule has 0 aromatic heterocycles. The molecule has 0 radical (unpaired) electrons. The van der Waals surface area contributed by atoms with Gasteiger partial charge < -0.3 is 14.9 Å². The average molecular weight is 563 g/mol. The zero-order valence-electron chi connectivity index (χ0n) is 24.2. The van der Waals surface area contributed by atoms with E-state index in [2.05, 4.69) is 18.8 Å². The van der Waals surface area contributed by atoms with Crippen molar-refractivity contribution in [3.63, 3.8) is 0 Å². The fraction of sp³-hybridized carbons (Fsp3) is 0.647. The molecule has 0 heterocycles. The number of fused-ring (bicyclic) bond motifs is 5. The number of hydrogen-bond acceptors (Lipinski definition) is 6. The van der Waals surface area contributed by atoms with Gasteiger partial charge in [0.15, 0.2) is 11.6 Å². The van der Waals surface area contributed by atoms with E-state index in [1.54, 1.807) is 19.1 Å². The first kappa shape index (κ1) is 29.5. The van der Waals surface area contributed by atoms with Gasteiger partial charge in [0, 0.05) is 17.0 Å². The summed E-state index contributed by atoms with van der Waals surface area (Å²) in [5, 5.41) is 20.2. The van der Waals surface area contributed by atoms with E-state index < -0.39 is 17.5 Å². The average Bonchev–Trinajstić information content (AvgIpc) is 3.31. The number of carbonyl (C=O) groups excluding carboxylic acids is 3. The molecule has 0 bridgehead atoms. The maximum absolute atomic E-state index is 13.2. The molecule has 41 heavy (non-hydrogen) atoms. The monoisotopic (exact) mass is 562 g/mol. The minimum absolute atomic E-state index is 0.0234. The third-order valence-electron chi connectivity index (χ3n) is 11.0. The molecule has 7 heteroatoms. The molecule has 4 aliphatic rings. The maximum atomic E-state index is 13.2. The fourth-order valence-electron chi connectivity index (χ4n) is 9.03. The van der Waals surface area contributed by atoms with Crippen LogP contribution in [0.1, 0.15) is 100 Å². The fourth-order valence-corrected chi connectivity index (χ4v) is 9.03. The molecular formula is C34H42O7. The lowest BCUT2D eigenvalue weighted by atomic mass is 9.49. The summed E-state index contributed by atoms with van der Waals surface area (Å²) in [7, 11) is 0. The first-order valence-corrected chi connectivity index (χ1v) is 15.3. The van der Waals surface area contributed by atoms with Crippen molar-refractivity contribution in [2.24, 2.45) is 40.9 Å². The second-order valence-electron chi connectivity index (χ2n) is 13.3. The van der Waals surface area contributed by atoms with Crippen LogP contribution in [0.25, 0.3) is 0 Å². The van der Waals surface area contributed by atoms with Crippen molar-refractivity contribution in [2.75, 3.05) is 6.61 Å². The summed E-state index contributed by atoms with van der Waals surface area (Å²) in [4.78, 5) is 47.3. The Labute approximate surface area is 242 Å². The minimum Gasteiger partial charge on any atom is -0.481 e. The van der Waals surface area contributed by atoms with Crippen molar-refractivity contribution < 1.29 is 34.1 Å². The highest BCUT2D eigenvalue weighted by Gasteiger charge is 2.59. The number of carboxylic acid groups (broad SMARTS) is 1. The van der Waals surface area contributed by atoms with Crippen molar-refractivity contribution >= 4 is 23.5 Å². The van der Waals surface area contributed by atoms with Crippen molar-refractivity contribution in [2.45, 2.75) is 90.1 Å². The lowest BCUT2D eigenvalue weighted by molar-refractivity contribution is -0.153. The van der Waals surface area contributed by atoms with Crippen LogP contribution in [0, 0.1) is 52.8 Å². The Morgan fingerprint density at radius 1 is 0.927 bits per heavy atom. The van der Waals surface area contributed by atoms with Crippen molar-refractivity contribution in [3.05, 3.63) is 35.4 Å². The van der Waals surface area contributed by atoms with E-state index in [-0.39, 0.29) is 42.3 Å². The summed E-state index contributed by atoms with van der Waals surface area (Å²) in [6, 6.07) is 7.24. The van der Waals surface area contributed by atoms with Gasteiger partial charge in [-0.15, -0.1) is 0 Å². The van der Waals surface area contributed by atoms with E-state index in [0.29, 0.717) is 48.0 Å². The van der Waals surface area contributed by atoms with Crippen LogP contribution in [0.3, 0.4) is 0 Å². The highest BCUT2D eigenvalue weighted by atomic mass is 16.5. The molecule has 220 valence electrons. The molecule has 0 saturated heterocycles. The van der Waals surface area contributed by atoms with Crippen LogP contribution in [-0.2, 0) is 19.1 Å². The summed E-state index contributed by atoms with van der Waals surface area (Å²) in [6.07, 6.45) is 7.97. The van der Waals surface area contributed by atoms with Gasteiger partial charge in [-0.1, -0.05) is 30.9 Å². The number of benzene rings is 1. The van der Waals surface area contributed by atoms with Gasteiger partial charge in [-0.25, -0.2) is 0 Å². The Balaban J connectivity index is 1.19. The minimum atomic E-state index is -1.06. The maximum Gasteiger partial charge on any atom is 0.306 e. The van der Waals surface area contributed by atoms with Crippen molar-refractivity contribution in [1.82, 2.24) is 0 Å². The van der Waals surface area contributed by atoms with Crippen LogP contribution in [0.15, 0.2) is 24.3 Å². The van der Waals surface area contributed by atoms with Gasteiger partial charge in [0.2, 0.25) is 0 Å². The molecule has 1 aromatic carbocycles. The lowest BCUT2D eigenvalue weighted by Crippen LogP contribution is -2.51. The lowest BCUT2D eigenvalue weighted by Gasteiger charge is -2.56. The van der Waals surface area contributed by atoms with Gasteiger partial charge in [-0.05, 0) is 112 Å². The Kier molecular flexibility index (Phi) is 8.43. The van der Waals surface area contributed by atoms with E-state index >= 15 is 0 Å². The predicted molar refractivity (Wildman–Crippen MR) is 152 cm³/mol. The number of hydrogen-bond donors (Lipinski definition) is 2. The second kappa shape index (κ2) is 11.7. The number of ketones is 2. The van der Waals surface area contributed by atoms with Crippen LogP contribution in [0.4, 0.5) is 0 Å². The number of carboxylic acids is 1. The Bertz CT molecular complexity index is 1260. The van der Waals surface area contributed by atoms with Crippen LogP contribution < -0.4 is 0 Å². The van der Waals surface area contributed by atoms with Gasteiger partial charge in [0.05, 0.1) is 12.8 Å². The molecular weight excluding hydrogens is 520 g/mol. The molecule has 7 nitrogen and oxygen atoms in total. The zero-order valence-corrected chi connectivity index (χ0v) is 24.2. The smallest absolute Gasteiger partial charge is 0.306 e. The van der Waals surface area contributed by atoms with Gasteiger partial charge in [0.1, 0.15) is 12.2 Å². The Morgan fingerprint density at radius 3 is 2.37 bits per heavy atom. The summed E-state index contributed by atoms with van der Waals surface area (Å²) >= 11 is 0. The number of Topliss-reactive ketones (excluding diaryl/α,β-unsaturated/α-hetero) is 2. The van der Waals surface area contributed by atoms with E-state index in [1.165, 1.54) is 0 Å². The predicted octanol–water partition coefficient (Wildman–Crippen LogP) is 5.22. The van der Waals surface area contributed by atoms with Gasteiger partial charge in [0.25, 0.3) is 0 Å². The highest BCUT2D eigenvalue weighted by molar-refractivity contribution is 5.94. The van der Waals surface area contributed by atoms with E-state index in [1.807, 2.05) is 12.1 Å². The van der Waals surface area contributed by atoms with Gasteiger partial charge in [-0.3, -0.25) is 19.2 Å². The molecule has 4 fully saturated rings. The first-order chi connectivity index (χ1) is 19.5. The Morgan fingerprint density at radius 2 is 1.66 bits per heavy atom. The number of aliphatic hydroxyl groups is 1. The second-order valence-corrected chi connectivity index (χ2v) is 13.3. The molecule has 4 saturated carbocycles. The third-order valence-corrected chi connectivity index (χ3v) is 11.0. The molecule has 1 aromatic rings. The summed E-state index contributed by atoms with van der Waals surface area (Å²) in [5.74, 6) is 7.26. The molecule has 4 aliphatic carbocycles. The largest absolute Gasteiger partial charge is 0.481 e. The molecule has 0 unspecified atom stereocenters. The number of rotatable bonds is 7. The molecule has 0 amide bonds. The number of ether oxygens (including phenoxy) is 1. The highest BCUT2D eigenvalue weighted by Crippen LogP contribution is 2.64. The third kappa shape index (κ3) is 6.14. The summed E-state index contributed by atoms with van der Waals surface area (Å²) < 4.78 is 5.15. The molecule has 5 rings (SSSR count).